The van der Waals surface area contributed by atoms with Crippen molar-refractivity contribution in [2.45, 2.75) is 76.6 Å². The van der Waals surface area contributed by atoms with E-state index in [0.29, 0.717) is 29.7 Å². The van der Waals surface area contributed by atoms with E-state index in [0.717, 1.165) is 21.9 Å². The number of ketones is 2. The smallest absolute Gasteiger partial charge is 0.265 e. The molecule has 0 saturated carbocycles. The second-order valence-corrected chi connectivity index (χ2v) is 20.2. The van der Waals surface area contributed by atoms with Crippen LogP contribution in [0.15, 0.2) is 76.5 Å². The number of aliphatic hydroxyl groups excluding tert-OH is 2. The standard InChI is InChI=1S/C39H44N2O7Si/c1-38(2,3)49(6,7)48-39-28(32(41(4)5)34-31(36(39)45)37(40-47-34)46-21-22-13-9-8-10-14-22)19-25-18-24-17-23-15-11-12-16-26(23)27(20-42)29(24)33(43)30(25)35(39)44/h8-17,25,28,32,42,44H,18-21H2,1-7H3/t25-,28-,32-,39-/m0/s1. The van der Waals surface area contributed by atoms with Gasteiger partial charge in [0.2, 0.25) is 5.78 Å². The molecule has 0 radical (unpaired) electrons. The molecule has 2 N–H and O–H groups in total. The van der Waals surface area contributed by atoms with E-state index in [1.54, 1.807) is 0 Å². The predicted molar refractivity (Wildman–Crippen MR) is 188 cm³/mol. The first-order valence-electron chi connectivity index (χ1n) is 16.9. The summed E-state index contributed by atoms with van der Waals surface area (Å²) < 4.78 is 19.3. The number of nitrogens with zero attached hydrogens (tertiary/aromatic N) is 2. The van der Waals surface area contributed by atoms with Crippen LogP contribution in [-0.4, -0.2) is 59.8 Å². The molecule has 1 aromatic heterocycles. The van der Waals surface area contributed by atoms with Gasteiger partial charge in [-0.15, -0.1) is 0 Å². The van der Waals surface area contributed by atoms with Crippen molar-refractivity contribution in [1.82, 2.24) is 10.1 Å². The SMILES string of the molecule is CN(C)[C@@H]1c2onc(OCc3ccccc3)c2C(=O)[C@@]2(O[Si](C)(C)C(C)(C)C)C(O)=C3C(=O)c4c(cc5ccccc5c4CO)C[C@H]3C[C@@H]12. The molecule has 0 unspecified atom stereocenters. The van der Waals surface area contributed by atoms with Gasteiger partial charge < -0.3 is 23.9 Å². The maximum absolute atomic E-state index is 15.3. The van der Waals surface area contributed by atoms with E-state index in [-0.39, 0.29) is 52.7 Å². The van der Waals surface area contributed by atoms with Gasteiger partial charge in [-0.2, -0.15) is 0 Å². The summed E-state index contributed by atoms with van der Waals surface area (Å²) in [5.74, 6) is -1.82. The Morgan fingerprint density at radius 3 is 2.41 bits per heavy atom. The molecule has 0 amide bonds. The van der Waals surface area contributed by atoms with Crippen molar-refractivity contribution in [1.29, 1.82) is 0 Å². The molecule has 1 heterocycles. The third kappa shape index (κ3) is 5.02. The summed E-state index contributed by atoms with van der Waals surface area (Å²) in [5, 5.41) is 29.0. The van der Waals surface area contributed by atoms with E-state index in [9.17, 15) is 15.0 Å². The largest absolute Gasteiger partial charge is 0.508 e. The number of rotatable bonds is 7. The highest BCUT2D eigenvalue weighted by molar-refractivity contribution is 6.74. The Morgan fingerprint density at radius 2 is 1.73 bits per heavy atom. The number of aliphatic hydroxyl groups is 2. The molecule has 3 aliphatic carbocycles. The highest BCUT2D eigenvalue weighted by atomic mass is 28.4. The molecule has 256 valence electrons. The topological polar surface area (TPSA) is 122 Å². The summed E-state index contributed by atoms with van der Waals surface area (Å²) in [6.45, 7) is 10.2. The minimum Gasteiger partial charge on any atom is -0.508 e. The van der Waals surface area contributed by atoms with Crippen molar-refractivity contribution in [2.24, 2.45) is 11.8 Å². The van der Waals surface area contributed by atoms with Gasteiger partial charge in [-0.25, -0.2) is 0 Å². The molecular weight excluding hydrogens is 637 g/mol. The minimum atomic E-state index is -2.83. The number of hydrogen-bond donors (Lipinski definition) is 2. The molecule has 3 aliphatic rings. The molecule has 0 fully saturated rings. The number of benzene rings is 3. The van der Waals surface area contributed by atoms with Gasteiger partial charge in [-0.05, 0) is 83.6 Å². The van der Waals surface area contributed by atoms with Crippen molar-refractivity contribution >= 4 is 30.7 Å². The second-order valence-electron chi connectivity index (χ2n) is 15.4. The summed E-state index contributed by atoms with van der Waals surface area (Å²) >= 11 is 0. The number of fused-ring (bicyclic) bond motifs is 5. The maximum Gasteiger partial charge on any atom is 0.265 e. The van der Waals surface area contributed by atoms with E-state index < -0.39 is 31.7 Å². The van der Waals surface area contributed by atoms with E-state index in [4.69, 9.17) is 13.7 Å². The molecule has 0 saturated heterocycles. The fraction of sp³-hybridized carbons (Fsp3) is 0.410. The lowest BCUT2D eigenvalue weighted by atomic mass is 9.58. The monoisotopic (exact) mass is 680 g/mol. The first-order valence-corrected chi connectivity index (χ1v) is 19.8. The Balaban J connectivity index is 1.46. The molecule has 3 aromatic carbocycles. The van der Waals surface area contributed by atoms with Crippen LogP contribution < -0.4 is 4.74 Å². The summed E-state index contributed by atoms with van der Waals surface area (Å²) in [6.07, 6.45) is 0.851. The van der Waals surface area contributed by atoms with Gasteiger partial charge in [0.1, 0.15) is 17.9 Å². The molecule has 9 nitrogen and oxygen atoms in total. The van der Waals surface area contributed by atoms with Crippen LogP contribution in [0.3, 0.4) is 0 Å². The number of allylic oxidation sites excluding steroid dienone is 1. The second kappa shape index (κ2) is 11.8. The van der Waals surface area contributed by atoms with Gasteiger partial charge in [0.25, 0.3) is 5.88 Å². The first kappa shape index (κ1) is 33.4. The average molecular weight is 681 g/mol. The van der Waals surface area contributed by atoms with Crippen LogP contribution >= 0.6 is 0 Å². The van der Waals surface area contributed by atoms with E-state index in [1.807, 2.05) is 92.8 Å². The van der Waals surface area contributed by atoms with Crippen LogP contribution in [0.25, 0.3) is 10.8 Å². The van der Waals surface area contributed by atoms with Crippen molar-refractivity contribution in [3.8, 4) is 5.88 Å². The van der Waals surface area contributed by atoms with Crippen molar-refractivity contribution in [3.05, 3.63) is 106 Å². The number of carbonyl (C=O) groups is 2. The van der Waals surface area contributed by atoms with Gasteiger partial charge in [-0.3, -0.25) is 14.5 Å². The van der Waals surface area contributed by atoms with Crippen LogP contribution in [0, 0.1) is 11.8 Å². The molecule has 49 heavy (non-hydrogen) atoms. The van der Waals surface area contributed by atoms with Crippen LogP contribution in [0.1, 0.15) is 76.4 Å². The van der Waals surface area contributed by atoms with Gasteiger partial charge in [0.05, 0.1) is 12.6 Å². The third-order valence-electron chi connectivity index (χ3n) is 11.3. The normalized spacial score (nSPS) is 23.7. The highest BCUT2D eigenvalue weighted by Gasteiger charge is 2.67. The Morgan fingerprint density at radius 1 is 1.04 bits per heavy atom. The van der Waals surface area contributed by atoms with Gasteiger partial charge >= 0.3 is 0 Å². The summed E-state index contributed by atoms with van der Waals surface area (Å²) in [7, 11) is 0.989. The number of aromatic nitrogens is 1. The van der Waals surface area contributed by atoms with E-state index in [1.165, 1.54) is 0 Å². The molecule has 0 spiro atoms. The fourth-order valence-corrected chi connectivity index (χ4v) is 9.42. The summed E-state index contributed by atoms with van der Waals surface area (Å²) in [6, 6.07) is 18.7. The summed E-state index contributed by atoms with van der Waals surface area (Å²) in [4.78, 5) is 32.1. The van der Waals surface area contributed by atoms with Crippen LogP contribution in [0.4, 0.5) is 0 Å². The number of Topliss-reactive ketones (excluding diaryl/α,β-unsaturated/α-hetero) is 2. The van der Waals surface area contributed by atoms with Crippen LogP contribution in [0.5, 0.6) is 5.88 Å². The van der Waals surface area contributed by atoms with Crippen LogP contribution in [-0.2, 0) is 24.1 Å². The van der Waals surface area contributed by atoms with Crippen molar-refractivity contribution in [2.75, 3.05) is 14.1 Å². The number of hydrogen-bond acceptors (Lipinski definition) is 9. The molecular formula is C39H44N2O7Si. The van der Waals surface area contributed by atoms with E-state index in [2.05, 4.69) is 25.9 Å². The fourth-order valence-electron chi connectivity index (χ4n) is 7.97. The Kier molecular flexibility index (Phi) is 8.02. The maximum atomic E-state index is 15.3. The zero-order chi connectivity index (χ0) is 35.0. The Labute approximate surface area is 287 Å². The molecule has 7 rings (SSSR count). The highest BCUT2D eigenvalue weighted by Crippen LogP contribution is 2.59. The Bertz CT molecular complexity index is 2010. The molecule has 4 atom stereocenters. The van der Waals surface area contributed by atoms with Crippen molar-refractivity contribution < 1.29 is 33.5 Å². The Hall–Kier alpha value is -4.09. The minimum absolute atomic E-state index is 0.0293. The van der Waals surface area contributed by atoms with E-state index >= 15 is 4.79 Å². The summed E-state index contributed by atoms with van der Waals surface area (Å²) in [5.41, 5.74) is 1.05. The molecule has 10 heteroatoms. The van der Waals surface area contributed by atoms with Crippen molar-refractivity contribution in [3.63, 3.8) is 0 Å². The zero-order valence-corrected chi connectivity index (χ0v) is 30.2. The average Bonchev–Trinajstić information content (AvgIpc) is 3.47. The van der Waals surface area contributed by atoms with Gasteiger partial charge in [0.15, 0.2) is 25.5 Å². The lowest BCUT2D eigenvalue weighted by Crippen LogP contribution is -2.65. The predicted octanol–water partition coefficient (Wildman–Crippen LogP) is 7.35. The van der Waals surface area contributed by atoms with Gasteiger partial charge in [0, 0.05) is 17.1 Å². The lowest BCUT2D eigenvalue weighted by molar-refractivity contribution is -0.0480. The van der Waals surface area contributed by atoms with Crippen LogP contribution in [0.2, 0.25) is 18.1 Å². The first-order chi connectivity index (χ1) is 23.2. The molecule has 0 bridgehead atoms. The lowest BCUT2D eigenvalue weighted by Gasteiger charge is -2.55. The zero-order valence-electron chi connectivity index (χ0n) is 29.2. The van der Waals surface area contributed by atoms with Gasteiger partial charge in [-0.1, -0.05) is 81.4 Å². The molecule has 0 aliphatic heterocycles. The number of carbonyl (C=O) groups excluding carboxylic acids is 2. The number of ether oxygens (including phenoxy) is 1. The third-order valence-corrected chi connectivity index (χ3v) is 15.8. The quantitative estimate of drug-likeness (QED) is 0.193. The molecule has 4 aromatic rings.